The van der Waals surface area contributed by atoms with Gasteiger partial charge in [0, 0.05) is 25.7 Å². The molecule has 1 aliphatic heterocycles. The van der Waals surface area contributed by atoms with Crippen molar-refractivity contribution in [1.82, 2.24) is 15.2 Å². The van der Waals surface area contributed by atoms with Crippen LogP contribution in [0.3, 0.4) is 0 Å². The second-order valence-electron chi connectivity index (χ2n) is 5.31. The number of hydrazine groups is 1. The monoisotopic (exact) mass is 255 g/mol. The summed E-state index contributed by atoms with van der Waals surface area (Å²) < 4.78 is 0. The van der Waals surface area contributed by atoms with Gasteiger partial charge >= 0.3 is 0 Å². The lowest BCUT2D eigenvalue weighted by Crippen LogP contribution is -2.46. The number of likely N-dealkylation sites (tertiary alicyclic amines) is 1. The molecule has 0 amide bonds. The maximum Gasteiger partial charge on any atom is 0.208 e. The molecular weight excluding hydrogens is 226 g/mol. The maximum atomic E-state index is 5.59. The Hall–Kier alpha value is -0.810. The SMILES string of the molecule is CCN(CC)C1CCN(C(=NCC(C)C)NN)C1. The van der Waals surface area contributed by atoms with Crippen LogP contribution in [0.25, 0.3) is 0 Å². The van der Waals surface area contributed by atoms with E-state index < -0.39 is 0 Å². The molecule has 1 atom stereocenters. The van der Waals surface area contributed by atoms with Crippen molar-refractivity contribution in [3.05, 3.63) is 0 Å². The molecule has 1 fully saturated rings. The number of hydrogen-bond acceptors (Lipinski definition) is 3. The number of rotatable bonds is 5. The lowest BCUT2D eigenvalue weighted by molar-refractivity contribution is 0.223. The smallest absolute Gasteiger partial charge is 0.208 e. The summed E-state index contributed by atoms with van der Waals surface area (Å²) in [6, 6.07) is 0.637. The fraction of sp³-hybridized carbons (Fsp3) is 0.923. The van der Waals surface area contributed by atoms with Crippen molar-refractivity contribution in [2.45, 2.75) is 40.2 Å². The summed E-state index contributed by atoms with van der Waals surface area (Å²) in [7, 11) is 0. The van der Waals surface area contributed by atoms with Gasteiger partial charge in [-0.25, -0.2) is 5.84 Å². The standard InChI is InChI=1S/C13H29N5/c1-5-17(6-2)12-7-8-18(10-12)13(16-14)15-9-11(3)4/h11-12H,5-10,14H2,1-4H3,(H,15,16). The Morgan fingerprint density at radius 1 is 1.44 bits per heavy atom. The normalized spacial score (nSPS) is 21.2. The zero-order valence-corrected chi connectivity index (χ0v) is 12.3. The molecule has 0 radical (unpaired) electrons. The number of aliphatic imine (C=N–C) groups is 1. The number of nitrogens with zero attached hydrogens (tertiary/aromatic N) is 3. The minimum Gasteiger partial charge on any atom is -0.340 e. The van der Waals surface area contributed by atoms with E-state index in [1.807, 2.05) is 0 Å². The average Bonchev–Trinajstić information content (AvgIpc) is 2.81. The predicted octanol–water partition coefficient (Wildman–Crippen LogP) is 0.878. The summed E-state index contributed by atoms with van der Waals surface area (Å²) in [6.07, 6.45) is 1.20. The van der Waals surface area contributed by atoms with Crippen LogP contribution < -0.4 is 11.3 Å². The molecule has 1 unspecified atom stereocenters. The van der Waals surface area contributed by atoms with E-state index in [4.69, 9.17) is 5.84 Å². The van der Waals surface area contributed by atoms with Crippen LogP contribution in [0.15, 0.2) is 4.99 Å². The van der Waals surface area contributed by atoms with Crippen molar-refractivity contribution < 1.29 is 0 Å². The molecule has 106 valence electrons. The first-order valence-electron chi connectivity index (χ1n) is 7.12. The summed E-state index contributed by atoms with van der Waals surface area (Å²) in [5.74, 6) is 7.00. The highest BCUT2D eigenvalue weighted by Crippen LogP contribution is 2.15. The second-order valence-corrected chi connectivity index (χ2v) is 5.31. The largest absolute Gasteiger partial charge is 0.340 e. The van der Waals surface area contributed by atoms with E-state index in [1.54, 1.807) is 0 Å². The summed E-state index contributed by atoms with van der Waals surface area (Å²) in [6.45, 7) is 13.9. The zero-order chi connectivity index (χ0) is 13.5. The molecule has 0 saturated carbocycles. The fourth-order valence-electron chi connectivity index (χ4n) is 2.48. The molecule has 5 nitrogen and oxygen atoms in total. The number of nitrogens with one attached hydrogen (secondary N) is 1. The quantitative estimate of drug-likeness (QED) is 0.331. The summed E-state index contributed by atoms with van der Waals surface area (Å²) in [5, 5.41) is 0. The molecule has 0 aromatic carbocycles. The van der Waals surface area contributed by atoms with E-state index in [-0.39, 0.29) is 0 Å². The minimum atomic E-state index is 0.564. The molecule has 1 heterocycles. The summed E-state index contributed by atoms with van der Waals surface area (Å²) in [5.41, 5.74) is 2.75. The molecule has 1 aliphatic rings. The van der Waals surface area contributed by atoms with E-state index in [0.717, 1.165) is 38.7 Å². The third kappa shape index (κ3) is 4.14. The highest BCUT2D eigenvalue weighted by atomic mass is 15.4. The van der Waals surface area contributed by atoms with Gasteiger partial charge in [-0.1, -0.05) is 27.7 Å². The lowest BCUT2D eigenvalue weighted by Gasteiger charge is -2.26. The first-order valence-corrected chi connectivity index (χ1v) is 7.12. The molecular formula is C13H29N5. The summed E-state index contributed by atoms with van der Waals surface area (Å²) in [4.78, 5) is 9.34. The first kappa shape index (κ1) is 15.2. The van der Waals surface area contributed by atoms with Crippen molar-refractivity contribution in [3.8, 4) is 0 Å². The number of nitrogens with two attached hydrogens (primary N) is 1. The Kier molecular flexibility index (Phi) is 6.43. The first-order chi connectivity index (χ1) is 8.62. The molecule has 0 aliphatic carbocycles. The summed E-state index contributed by atoms with van der Waals surface area (Å²) >= 11 is 0. The average molecular weight is 255 g/mol. The van der Waals surface area contributed by atoms with Gasteiger partial charge in [0.15, 0.2) is 0 Å². The van der Waals surface area contributed by atoms with Gasteiger partial charge in [0.05, 0.1) is 0 Å². The van der Waals surface area contributed by atoms with Gasteiger partial charge in [-0.15, -0.1) is 0 Å². The Morgan fingerprint density at radius 2 is 2.11 bits per heavy atom. The number of guanidine groups is 1. The number of hydrogen-bond donors (Lipinski definition) is 2. The third-order valence-electron chi connectivity index (χ3n) is 3.53. The predicted molar refractivity (Wildman–Crippen MR) is 77.4 cm³/mol. The van der Waals surface area contributed by atoms with E-state index >= 15 is 0 Å². The molecule has 5 heteroatoms. The van der Waals surface area contributed by atoms with Crippen LogP contribution in [-0.2, 0) is 0 Å². The second kappa shape index (κ2) is 7.59. The Balaban J connectivity index is 2.55. The molecule has 0 aromatic rings. The van der Waals surface area contributed by atoms with Crippen LogP contribution in [0.2, 0.25) is 0 Å². The van der Waals surface area contributed by atoms with Gasteiger partial charge in [0.2, 0.25) is 5.96 Å². The molecule has 3 N–H and O–H groups in total. The van der Waals surface area contributed by atoms with Gasteiger partial charge in [-0.05, 0) is 25.4 Å². The Labute approximate surface area is 111 Å². The minimum absolute atomic E-state index is 0.564. The Bertz CT molecular complexity index is 260. The van der Waals surface area contributed by atoms with Crippen molar-refractivity contribution in [2.24, 2.45) is 16.8 Å². The number of likely N-dealkylation sites (N-methyl/N-ethyl adjacent to an activating group) is 1. The van der Waals surface area contributed by atoms with Gasteiger partial charge < -0.3 is 4.90 Å². The van der Waals surface area contributed by atoms with Crippen LogP contribution in [0, 0.1) is 5.92 Å². The van der Waals surface area contributed by atoms with E-state index in [1.165, 1.54) is 6.42 Å². The highest BCUT2D eigenvalue weighted by Gasteiger charge is 2.27. The maximum absolute atomic E-state index is 5.59. The van der Waals surface area contributed by atoms with Gasteiger partial charge in [-0.2, -0.15) is 0 Å². The molecule has 1 saturated heterocycles. The molecule has 1 rings (SSSR count). The zero-order valence-electron chi connectivity index (χ0n) is 12.3. The molecule has 0 spiro atoms. The Morgan fingerprint density at radius 3 is 2.61 bits per heavy atom. The van der Waals surface area contributed by atoms with Gasteiger partial charge in [-0.3, -0.25) is 15.3 Å². The topological polar surface area (TPSA) is 56.9 Å². The van der Waals surface area contributed by atoms with Crippen molar-refractivity contribution in [2.75, 3.05) is 32.7 Å². The molecule has 0 aromatic heterocycles. The van der Waals surface area contributed by atoms with Crippen molar-refractivity contribution in [1.29, 1.82) is 0 Å². The third-order valence-corrected chi connectivity index (χ3v) is 3.53. The van der Waals surface area contributed by atoms with E-state index in [2.05, 4.69) is 47.9 Å². The van der Waals surface area contributed by atoms with Gasteiger partial charge in [0.1, 0.15) is 0 Å². The highest BCUT2D eigenvalue weighted by molar-refractivity contribution is 5.79. The molecule has 18 heavy (non-hydrogen) atoms. The van der Waals surface area contributed by atoms with E-state index in [9.17, 15) is 0 Å². The fourth-order valence-corrected chi connectivity index (χ4v) is 2.48. The van der Waals surface area contributed by atoms with Crippen LogP contribution in [-0.4, -0.2) is 54.5 Å². The van der Waals surface area contributed by atoms with Crippen LogP contribution in [0.4, 0.5) is 0 Å². The van der Waals surface area contributed by atoms with Crippen LogP contribution in [0.1, 0.15) is 34.1 Å². The lowest BCUT2D eigenvalue weighted by atomic mass is 10.2. The van der Waals surface area contributed by atoms with E-state index in [0.29, 0.717) is 12.0 Å². The van der Waals surface area contributed by atoms with Crippen LogP contribution >= 0.6 is 0 Å². The van der Waals surface area contributed by atoms with Gasteiger partial charge in [0.25, 0.3) is 0 Å². The molecule has 0 bridgehead atoms. The van der Waals surface area contributed by atoms with Crippen molar-refractivity contribution in [3.63, 3.8) is 0 Å². The van der Waals surface area contributed by atoms with Crippen molar-refractivity contribution >= 4 is 5.96 Å². The van der Waals surface area contributed by atoms with Crippen LogP contribution in [0.5, 0.6) is 0 Å².